The average Bonchev–Trinajstić information content (AvgIpc) is 3.45. The number of carboxylic acids is 1. The number of carboxylic acid groups (broad SMARTS) is 1. The molecule has 0 bridgehead atoms. The van der Waals surface area contributed by atoms with Crippen LogP contribution in [0.15, 0.2) is 96.3 Å². The number of aromatic nitrogens is 2. The number of hydrogen-bond donors (Lipinski definition) is 4. The van der Waals surface area contributed by atoms with Crippen LogP contribution in [0.3, 0.4) is 0 Å². The maximum Gasteiger partial charge on any atom is 0.347 e. The van der Waals surface area contributed by atoms with Gasteiger partial charge in [-0.1, -0.05) is 30.3 Å². The Kier molecular flexibility index (Phi) is 9.59. The van der Waals surface area contributed by atoms with Crippen LogP contribution >= 0.6 is 0 Å². The SMILES string of the molecule is CC(C)(CCn1cnc(-c2ccc(OC(C)(C)C(=O)O)cc2)c1)NC[C@H](O)c1cccc(NS(=O)(=O)c2ccccc2)c1. The Hall–Kier alpha value is -4.19. The lowest BCUT2D eigenvalue weighted by Gasteiger charge is -2.28. The van der Waals surface area contributed by atoms with Gasteiger partial charge in [-0.2, -0.15) is 0 Å². The minimum Gasteiger partial charge on any atom is -0.478 e. The molecule has 4 N–H and O–H groups in total. The molecule has 0 amide bonds. The summed E-state index contributed by atoms with van der Waals surface area (Å²) in [6.07, 6.45) is 3.63. The number of sulfonamides is 1. The molecule has 0 unspecified atom stereocenters. The Balaban J connectivity index is 1.29. The van der Waals surface area contributed by atoms with Gasteiger partial charge in [0.15, 0.2) is 5.60 Å². The summed E-state index contributed by atoms with van der Waals surface area (Å²) >= 11 is 0. The maximum absolute atomic E-state index is 12.7. The van der Waals surface area contributed by atoms with E-state index in [4.69, 9.17) is 4.74 Å². The van der Waals surface area contributed by atoms with Gasteiger partial charge >= 0.3 is 5.97 Å². The van der Waals surface area contributed by atoms with Crippen LogP contribution in [0.5, 0.6) is 5.75 Å². The van der Waals surface area contributed by atoms with Crippen molar-refractivity contribution >= 4 is 21.7 Å². The number of β-amino-alcohol motifs (C(OH)–C–C–N with tert-alkyl or cyclic N) is 1. The van der Waals surface area contributed by atoms with Crippen molar-refractivity contribution in [3.63, 3.8) is 0 Å². The smallest absolute Gasteiger partial charge is 0.347 e. The van der Waals surface area contributed by atoms with E-state index in [1.54, 1.807) is 60.9 Å². The fourth-order valence-electron chi connectivity index (χ4n) is 4.27. The zero-order valence-corrected chi connectivity index (χ0v) is 25.5. The van der Waals surface area contributed by atoms with Crippen LogP contribution in [0, 0.1) is 0 Å². The highest BCUT2D eigenvalue weighted by Crippen LogP contribution is 2.25. The van der Waals surface area contributed by atoms with Gasteiger partial charge in [-0.05, 0) is 88.2 Å². The molecular weight excluding hydrogens is 568 g/mol. The van der Waals surface area contributed by atoms with Gasteiger partial charge in [-0.3, -0.25) is 4.72 Å². The minimum absolute atomic E-state index is 0.166. The number of benzene rings is 3. The fourth-order valence-corrected chi connectivity index (χ4v) is 5.34. The van der Waals surface area contributed by atoms with Crippen LogP contribution in [0.25, 0.3) is 11.3 Å². The quantitative estimate of drug-likeness (QED) is 0.156. The molecule has 228 valence electrons. The molecule has 11 heteroatoms. The highest BCUT2D eigenvalue weighted by atomic mass is 32.2. The minimum atomic E-state index is -3.73. The predicted octanol–water partition coefficient (Wildman–Crippen LogP) is 5.08. The van der Waals surface area contributed by atoms with Gasteiger partial charge in [0, 0.05) is 36.1 Å². The molecule has 4 rings (SSSR count). The summed E-state index contributed by atoms with van der Waals surface area (Å²) in [4.78, 5) is 16.0. The summed E-state index contributed by atoms with van der Waals surface area (Å²) < 4.78 is 35.5. The molecule has 3 aromatic carbocycles. The Labute approximate surface area is 252 Å². The van der Waals surface area contributed by atoms with Crippen LogP contribution in [0.1, 0.15) is 45.8 Å². The number of nitrogens with one attached hydrogen (secondary N) is 2. The van der Waals surface area contributed by atoms with Crippen LogP contribution in [-0.4, -0.2) is 51.8 Å². The molecule has 0 saturated heterocycles. The number of aliphatic hydroxyl groups excluding tert-OH is 1. The summed E-state index contributed by atoms with van der Waals surface area (Å²) in [5.41, 5.74) is 1.00. The molecule has 0 saturated carbocycles. The highest BCUT2D eigenvalue weighted by molar-refractivity contribution is 7.92. The van der Waals surface area contributed by atoms with E-state index in [1.807, 2.05) is 22.9 Å². The molecule has 0 aliphatic rings. The van der Waals surface area contributed by atoms with Crippen molar-refractivity contribution in [2.45, 2.75) is 62.8 Å². The molecule has 4 aromatic rings. The van der Waals surface area contributed by atoms with Crippen molar-refractivity contribution in [2.24, 2.45) is 0 Å². The van der Waals surface area contributed by atoms with Gasteiger partial charge in [-0.25, -0.2) is 18.2 Å². The average molecular weight is 607 g/mol. The Morgan fingerprint density at radius 2 is 1.70 bits per heavy atom. The summed E-state index contributed by atoms with van der Waals surface area (Å²) in [6.45, 7) is 8.08. The van der Waals surface area contributed by atoms with Gasteiger partial charge in [-0.15, -0.1) is 0 Å². The monoisotopic (exact) mass is 606 g/mol. The third kappa shape index (κ3) is 8.66. The van der Waals surface area contributed by atoms with Crippen LogP contribution in [-0.2, 0) is 21.4 Å². The third-order valence-electron chi connectivity index (χ3n) is 7.02. The maximum atomic E-state index is 12.7. The number of nitrogens with zero attached hydrogens (tertiary/aromatic N) is 2. The van der Waals surface area contributed by atoms with Crippen LogP contribution in [0.4, 0.5) is 5.69 Å². The standard InChI is InChI=1S/C32H38N4O6S/c1-31(2,17-18-36-21-28(33-22-36)23-13-15-26(16-14-23)42-32(3,4)30(38)39)34-20-29(37)24-9-8-10-25(19-24)35-43(40,41)27-11-6-5-7-12-27/h5-16,19,21-22,29,34-35,37H,17-18,20H2,1-4H3,(H,38,39)/t29-/m0/s1. The molecule has 10 nitrogen and oxygen atoms in total. The van der Waals surface area contributed by atoms with Gasteiger partial charge in [0.2, 0.25) is 0 Å². The van der Waals surface area contributed by atoms with Crippen LogP contribution < -0.4 is 14.8 Å². The second-order valence-electron chi connectivity index (χ2n) is 11.5. The van der Waals surface area contributed by atoms with Crippen LogP contribution in [0.2, 0.25) is 0 Å². The van der Waals surface area contributed by atoms with Crippen molar-refractivity contribution in [2.75, 3.05) is 11.3 Å². The number of aliphatic hydroxyl groups is 1. The summed E-state index contributed by atoms with van der Waals surface area (Å²) in [5, 5.41) is 23.5. The third-order valence-corrected chi connectivity index (χ3v) is 8.41. The van der Waals surface area contributed by atoms with E-state index in [0.717, 1.165) is 17.7 Å². The first-order valence-electron chi connectivity index (χ1n) is 13.9. The van der Waals surface area contributed by atoms with Gasteiger partial charge in [0.05, 0.1) is 23.0 Å². The number of aryl methyl sites for hydroxylation is 1. The Morgan fingerprint density at radius 3 is 2.37 bits per heavy atom. The van der Waals surface area contributed by atoms with E-state index in [0.29, 0.717) is 23.5 Å². The number of rotatable bonds is 14. The van der Waals surface area contributed by atoms with E-state index in [-0.39, 0.29) is 17.0 Å². The zero-order valence-electron chi connectivity index (χ0n) is 24.7. The first-order chi connectivity index (χ1) is 20.2. The van der Waals surface area contributed by atoms with Crippen molar-refractivity contribution in [3.05, 3.63) is 97.0 Å². The lowest BCUT2D eigenvalue weighted by Crippen LogP contribution is -2.42. The Bertz CT molecular complexity index is 1630. The molecule has 0 spiro atoms. The molecule has 0 aliphatic heterocycles. The molecular formula is C32H38N4O6S. The first-order valence-corrected chi connectivity index (χ1v) is 15.4. The highest BCUT2D eigenvalue weighted by Gasteiger charge is 2.29. The van der Waals surface area contributed by atoms with Gasteiger partial charge < -0.3 is 24.8 Å². The number of imidazole rings is 1. The second-order valence-corrected chi connectivity index (χ2v) is 13.2. The van der Waals surface area contributed by atoms with E-state index in [2.05, 4.69) is 28.9 Å². The number of hydrogen-bond acceptors (Lipinski definition) is 7. The van der Waals surface area contributed by atoms with E-state index >= 15 is 0 Å². The topological polar surface area (TPSA) is 143 Å². The predicted molar refractivity (Wildman–Crippen MR) is 165 cm³/mol. The van der Waals surface area contributed by atoms with E-state index in [9.17, 15) is 23.4 Å². The molecule has 1 heterocycles. The lowest BCUT2D eigenvalue weighted by molar-refractivity contribution is -0.152. The van der Waals surface area contributed by atoms with E-state index in [1.165, 1.54) is 26.0 Å². The molecule has 43 heavy (non-hydrogen) atoms. The number of ether oxygens (including phenoxy) is 1. The van der Waals surface area contributed by atoms with Gasteiger partial charge in [0.25, 0.3) is 10.0 Å². The van der Waals surface area contributed by atoms with Crippen molar-refractivity contribution in [1.82, 2.24) is 14.9 Å². The molecule has 1 aromatic heterocycles. The molecule has 0 fully saturated rings. The Morgan fingerprint density at radius 1 is 1.00 bits per heavy atom. The number of carbonyl (C=O) groups is 1. The van der Waals surface area contributed by atoms with Gasteiger partial charge in [0.1, 0.15) is 5.75 Å². The van der Waals surface area contributed by atoms with Crippen molar-refractivity contribution in [1.29, 1.82) is 0 Å². The lowest BCUT2D eigenvalue weighted by atomic mass is 9.99. The number of anilines is 1. The van der Waals surface area contributed by atoms with E-state index < -0.39 is 27.7 Å². The summed E-state index contributed by atoms with van der Waals surface area (Å²) in [6, 6.07) is 22.0. The molecule has 0 aliphatic carbocycles. The summed E-state index contributed by atoms with van der Waals surface area (Å²) in [7, 11) is -3.73. The normalized spacial score (nSPS) is 13.0. The van der Waals surface area contributed by atoms with Crippen molar-refractivity contribution < 1.29 is 28.2 Å². The first kappa shape index (κ1) is 31.7. The zero-order chi connectivity index (χ0) is 31.3. The van der Waals surface area contributed by atoms with Crippen molar-refractivity contribution in [3.8, 4) is 17.0 Å². The second kappa shape index (κ2) is 13.0. The largest absolute Gasteiger partial charge is 0.478 e. The summed E-state index contributed by atoms with van der Waals surface area (Å²) in [5.74, 6) is -0.577. The molecule has 1 atom stereocenters. The molecule has 0 radical (unpaired) electrons. The number of aliphatic carboxylic acids is 1. The fraction of sp³-hybridized carbons (Fsp3) is 0.312.